The maximum atomic E-state index is 12.2. The Morgan fingerprint density at radius 1 is 1.37 bits per heavy atom. The fraction of sp³-hybridized carbons (Fsp3) is 0.846. The summed E-state index contributed by atoms with van der Waals surface area (Å²) in [5.41, 5.74) is 0. The van der Waals surface area contributed by atoms with Gasteiger partial charge in [0.05, 0.1) is 0 Å². The van der Waals surface area contributed by atoms with Crippen LogP contribution in [0.2, 0.25) is 0 Å². The van der Waals surface area contributed by atoms with E-state index in [2.05, 4.69) is 5.32 Å². The third kappa shape index (κ3) is 4.38. The van der Waals surface area contributed by atoms with Crippen LogP contribution >= 0.6 is 0 Å². The fourth-order valence-corrected chi connectivity index (χ4v) is 2.45. The smallest absolute Gasteiger partial charge is 0.326 e. The molecule has 2 amide bonds. The molecule has 1 saturated heterocycles. The van der Waals surface area contributed by atoms with Crippen LogP contribution < -0.4 is 5.32 Å². The molecule has 6 heteroatoms. The van der Waals surface area contributed by atoms with E-state index < -0.39 is 12.0 Å². The molecule has 0 aromatic heterocycles. The summed E-state index contributed by atoms with van der Waals surface area (Å²) >= 11 is 0. The van der Waals surface area contributed by atoms with E-state index in [-0.39, 0.29) is 24.6 Å². The summed E-state index contributed by atoms with van der Waals surface area (Å²) in [5.74, 6) is -1.18. The Morgan fingerprint density at radius 2 is 2.05 bits per heavy atom. The van der Waals surface area contributed by atoms with Gasteiger partial charge in [0.15, 0.2) is 0 Å². The molecule has 6 nitrogen and oxygen atoms in total. The summed E-state index contributed by atoms with van der Waals surface area (Å²) in [6.07, 6.45) is 3.38. The first kappa shape index (κ1) is 15.8. The van der Waals surface area contributed by atoms with Crippen molar-refractivity contribution < 1.29 is 19.8 Å². The van der Waals surface area contributed by atoms with Gasteiger partial charge in [0.25, 0.3) is 0 Å². The molecule has 1 aliphatic heterocycles. The standard InChI is InChI=1S/C13H24N2O4/c1-9(2)11(12(17)18)14-13(19)15-7-4-3-5-10(15)6-8-16/h9-11,16H,3-8H2,1-2H3,(H,14,19)(H,17,18)/t10?,11-/m1/s1. The van der Waals surface area contributed by atoms with Crippen LogP contribution in [-0.4, -0.2) is 52.3 Å². The summed E-state index contributed by atoms with van der Waals surface area (Å²) in [4.78, 5) is 24.9. The van der Waals surface area contributed by atoms with Gasteiger partial charge in [0.1, 0.15) is 6.04 Å². The predicted octanol–water partition coefficient (Wildman–Crippen LogP) is 1.04. The number of carbonyl (C=O) groups excluding carboxylic acids is 1. The molecule has 1 rings (SSSR count). The second-order valence-electron chi connectivity index (χ2n) is 5.36. The largest absolute Gasteiger partial charge is 0.480 e. The number of rotatable bonds is 5. The summed E-state index contributed by atoms with van der Waals surface area (Å²) in [6.45, 7) is 4.20. The molecular weight excluding hydrogens is 248 g/mol. The van der Waals surface area contributed by atoms with E-state index in [4.69, 9.17) is 10.2 Å². The Bertz CT molecular complexity index is 318. The molecule has 0 aromatic carbocycles. The van der Waals surface area contributed by atoms with E-state index in [0.717, 1.165) is 19.3 Å². The normalized spacial score (nSPS) is 21.3. The molecule has 1 fully saturated rings. The Kier molecular flexibility index (Phi) is 6.08. The minimum atomic E-state index is -1.01. The number of aliphatic hydroxyl groups is 1. The Balaban J connectivity index is 2.66. The third-order valence-electron chi connectivity index (χ3n) is 3.56. The number of nitrogens with zero attached hydrogens (tertiary/aromatic N) is 1. The molecular formula is C13H24N2O4. The van der Waals surface area contributed by atoms with Crippen LogP contribution in [-0.2, 0) is 4.79 Å². The van der Waals surface area contributed by atoms with Gasteiger partial charge in [-0.05, 0) is 31.6 Å². The maximum absolute atomic E-state index is 12.2. The highest BCUT2D eigenvalue weighted by atomic mass is 16.4. The number of likely N-dealkylation sites (tertiary alicyclic amines) is 1. The zero-order valence-corrected chi connectivity index (χ0v) is 11.6. The number of aliphatic hydroxyl groups excluding tert-OH is 1. The van der Waals surface area contributed by atoms with E-state index in [1.54, 1.807) is 18.7 Å². The number of carbonyl (C=O) groups is 2. The number of hydrogen-bond donors (Lipinski definition) is 3. The highest BCUT2D eigenvalue weighted by molar-refractivity contribution is 5.83. The van der Waals surface area contributed by atoms with Crippen LogP contribution in [0.1, 0.15) is 39.5 Å². The number of nitrogens with one attached hydrogen (secondary N) is 1. The van der Waals surface area contributed by atoms with Crippen LogP contribution in [0.4, 0.5) is 4.79 Å². The molecule has 0 bridgehead atoms. The first-order valence-corrected chi connectivity index (χ1v) is 6.88. The predicted molar refractivity (Wildman–Crippen MR) is 70.8 cm³/mol. The van der Waals surface area contributed by atoms with Crippen molar-refractivity contribution >= 4 is 12.0 Å². The van der Waals surface area contributed by atoms with Gasteiger partial charge >= 0.3 is 12.0 Å². The van der Waals surface area contributed by atoms with E-state index in [0.29, 0.717) is 13.0 Å². The molecule has 110 valence electrons. The number of hydrogen-bond acceptors (Lipinski definition) is 3. The fourth-order valence-electron chi connectivity index (χ4n) is 2.45. The van der Waals surface area contributed by atoms with Gasteiger partial charge in [-0.25, -0.2) is 9.59 Å². The summed E-state index contributed by atoms with van der Waals surface area (Å²) in [5, 5.41) is 20.7. The van der Waals surface area contributed by atoms with Gasteiger partial charge in [-0.3, -0.25) is 0 Å². The van der Waals surface area contributed by atoms with Gasteiger partial charge in [-0.2, -0.15) is 0 Å². The molecule has 1 aliphatic rings. The van der Waals surface area contributed by atoms with Gasteiger partial charge < -0.3 is 20.4 Å². The lowest BCUT2D eigenvalue weighted by atomic mass is 10.00. The Morgan fingerprint density at radius 3 is 2.58 bits per heavy atom. The van der Waals surface area contributed by atoms with Crippen molar-refractivity contribution in [3.05, 3.63) is 0 Å². The van der Waals surface area contributed by atoms with E-state index in [1.807, 2.05) is 0 Å². The van der Waals surface area contributed by atoms with Crippen molar-refractivity contribution in [3.8, 4) is 0 Å². The van der Waals surface area contributed by atoms with Gasteiger partial charge in [-0.1, -0.05) is 13.8 Å². The minimum absolute atomic E-state index is 0.0142. The minimum Gasteiger partial charge on any atom is -0.480 e. The number of amides is 2. The molecule has 2 atom stereocenters. The second-order valence-corrected chi connectivity index (χ2v) is 5.36. The van der Waals surface area contributed by atoms with Crippen LogP contribution in [0.15, 0.2) is 0 Å². The SMILES string of the molecule is CC(C)[C@@H](NC(=O)N1CCCCC1CCO)C(=O)O. The number of carboxylic acid groups (broad SMARTS) is 1. The zero-order valence-electron chi connectivity index (χ0n) is 11.6. The zero-order chi connectivity index (χ0) is 14.4. The number of aliphatic carboxylic acids is 1. The quantitative estimate of drug-likeness (QED) is 0.697. The van der Waals surface area contributed by atoms with Gasteiger partial charge in [0.2, 0.25) is 0 Å². The summed E-state index contributed by atoms with van der Waals surface area (Å²) in [6, 6.07) is -1.19. The number of urea groups is 1. The van der Waals surface area contributed by atoms with Crippen molar-refractivity contribution in [3.63, 3.8) is 0 Å². The Labute approximate surface area is 113 Å². The van der Waals surface area contributed by atoms with Crippen molar-refractivity contribution in [1.29, 1.82) is 0 Å². The Hall–Kier alpha value is -1.30. The molecule has 0 aromatic rings. The van der Waals surface area contributed by atoms with Crippen molar-refractivity contribution in [2.24, 2.45) is 5.92 Å². The van der Waals surface area contributed by atoms with Gasteiger partial charge in [0, 0.05) is 19.2 Å². The van der Waals surface area contributed by atoms with Gasteiger partial charge in [-0.15, -0.1) is 0 Å². The first-order chi connectivity index (χ1) is 8.97. The maximum Gasteiger partial charge on any atom is 0.326 e. The monoisotopic (exact) mass is 272 g/mol. The van der Waals surface area contributed by atoms with E-state index in [9.17, 15) is 9.59 Å². The van der Waals surface area contributed by atoms with E-state index >= 15 is 0 Å². The molecule has 19 heavy (non-hydrogen) atoms. The van der Waals surface area contributed by atoms with Crippen LogP contribution in [0.5, 0.6) is 0 Å². The molecule has 0 aliphatic carbocycles. The average Bonchev–Trinajstić information content (AvgIpc) is 2.36. The van der Waals surface area contributed by atoms with Crippen molar-refractivity contribution in [1.82, 2.24) is 10.2 Å². The lowest BCUT2D eigenvalue weighted by Crippen LogP contribution is -2.54. The molecule has 0 radical (unpaired) electrons. The second kappa shape index (κ2) is 7.33. The topological polar surface area (TPSA) is 89.9 Å². The summed E-state index contributed by atoms with van der Waals surface area (Å²) in [7, 11) is 0. The lowest BCUT2D eigenvalue weighted by molar-refractivity contribution is -0.140. The number of piperidine rings is 1. The van der Waals surface area contributed by atoms with Crippen molar-refractivity contribution in [2.45, 2.75) is 51.6 Å². The van der Waals surface area contributed by atoms with Crippen LogP contribution in [0, 0.1) is 5.92 Å². The molecule has 1 heterocycles. The lowest BCUT2D eigenvalue weighted by Gasteiger charge is -2.36. The highest BCUT2D eigenvalue weighted by Gasteiger charge is 2.30. The van der Waals surface area contributed by atoms with E-state index in [1.165, 1.54) is 0 Å². The first-order valence-electron chi connectivity index (χ1n) is 6.88. The molecule has 0 saturated carbocycles. The third-order valence-corrected chi connectivity index (χ3v) is 3.56. The van der Waals surface area contributed by atoms with Crippen LogP contribution in [0.3, 0.4) is 0 Å². The summed E-state index contributed by atoms with van der Waals surface area (Å²) < 4.78 is 0. The van der Waals surface area contributed by atoms with Crippen LogP contribution in [0.25, 0.3) is 0 Å². The molecule has 1 unspecified atom stereocenters. The molecule has 3 N–H and O–H groups in total. The highest BCUT2D eigenvalue weighted by Crippen LogP contribution is 2.19. The average molecular weight is 272 g/mol. The molecule has 0 spiro atoms. The van der Waals surface area contributed by atoms with Crippen molar-refractivity contribution in [2.75, 3.05) is 13.2 Å². The number of carboxylic acids is 1.